The molecular formula is C15H14N2O. The Bertz CT molecular complexity index is 566. The molecule has 90 valence electrons. The topological polar surface area (TPSA) is 42.9 Å². The average molecular weight is 238 g/mol. The Labute approximate surface area is 106 Å². The molecule has 0 amide bonds. The lowest BCUT2D eigenvalue weighted by Crippen LogP contribution is -2.25. The lowest BCUT2D eigenvalue weighted by atomic mass is 9.81. The van der Waals surface area contributed by atoms with Crippen LogP contribution in [0, 0.1) is 5.92 Å². The summed E-state index contributed by atoms with van der Waals surface area (Å²) in [6.07, 6.45) is 5.97. The second kappa shape index (κ2) is 4.69. The van der Waals surface area contributed by atoms with Crippen LogP contribution in [0.25, 0.3) is 0 Å². The van der Waals surface area contributed by atoms with Gasteiger partial charge in [0.1, 0.15) is 5.82 Å². The third-order valence-electron chi connectivity index (χ3n) is 3.46. The largest absolute Gasteiger partial charge is 0.294 e. The maximum Gasteiger partial charge on any atom is 0.166 e. The Morgan fingerprint density at radius 1 is 1.11 bits per heavy atom. The highest BCUT2D eigenvalue weighted by molar-refractivity contribution is 6.00. The van der Waals surface area contributed by atoms with E-state index in [2.05, 4.69) is 9.97 Å². The molecule has 0 spiro atoms. The van der Waals surface area contributed by atoms with Crippen LogP contribution >= 0.6 is 0 Å². The lowest BCUT2D eigenvalue weighted by Gasteiger charge is -2.22. The predicted octanol–water partition coefficient (Wildman–Crippen LogP) is 2.46. The number of nitrogens with zero attached hydrogens (tertiary/aromatic N) is 2. The SMILES string of the molecule is O=C1c2ccccc2CCC1Cc1ncccn1. The second-order valence-electron chi connectivity index (χ2n) is 4.63. The van der Waals surface area contributed by atoms with E-state index in [9.17, 15) is 4.79 Å². The standard InChI is InChI=1S/C15H14N2O/c18-15-12(10-14-16-8-3-9-17-14)7-6-11-4-1-2-5-13(11)15/h1-5,8-9,12H,6-7,10H2. The zero-order chi connectivity index (χ0) is 12.4. The summed E-state index contributed by atoms with van der Waals surface area (Å²) in [6, 6.07) is 9.69. The van der Waals surface area contributed by atoms with E-state index < -0.39 is 0 Å². The Kier molecular flexibility index (Phi) is 2.89. The molecule has 1 aromatic carbocycles. The maximum absolute atomic E-state index is 12.4. The molecule has 0 N–H and O–H groups in total. The number of carbonyl (C=O) groups excluding carboxylic acids is 1. The third-order valence-corrected chi connectivity index (χ3v) is 3.46. The van der Waals surface area contributed by atoms with Crippen LogP contribution in [-0.4, -0.2) is 15.8 Å². The fourth-order valence-electron chi connectivity index (χ4n) is 2.51. The molecule has 1 unspecified atom stereocenters. The Balaban J connectivity index is 1.83. The lowest BCUT2D eigenvalue weighted by molar-refractivity contribution is 0.0900. The molecule has 18 heavy (non-hydrogen) atoms. The second-order valence-corrected chi connectivity index (χ2v) is 4.63. The molecule has 1 aromatic heterocycles. The van der Waals surface area contributed by atoms with Gasteiger partial charge < -0.3 is 0 Å². The van der Waals surface area contributed by atoms with Crippen molar-refractivity contribution in [2.45, 2.75) is 19.3 Å². The van der Waals surface area contributed by atoms with Gasteiger partial charge in [-0.25, -0.2) is 9.97 Å². The number of rotatable bonds is 2. The van der Waals surface area contributed by atoms with E-state index in [0.717, 1.165) is 24.2 Å². The fraction of sp³-hybridized carbons (Fsp3) is 0.267. The number of hydrogen-bond acceptors (Lipinski definition) is 3. The van der Waals surface area contributed by atoms with E-state index in [-0.39, 0.29) is 11.7 Å². The van der Waals surface area contributed by atoms with Crippen LogP contribution in [0.5, 0.6) is 0 Å². The first-order valence-electron chi connectivity index (χ1n) is 6.22. The molecule has 2 aromatic rings. The first-order chi connectivity index (χ1) is 8.84. The van der Waals surface area contributed by atoms with E-state index >= 15 is 0 Å². The molecule has 3 heteroatoms. The van der Waals surface area contributed by atoms with Crippen molar-refractivity contribution < 1.29 is 4.79 Å². The summed E-state index contributed by atoms with van der Waals surface area (Å²) in [5.41, 5.74) is 2.05. The van der Waals surface area contributed by atoms with Crippen LogP contribution in [0.3, 0.4) is 0 Å². The molecule has 0 saturated carbocycles. The van der Waals surface area contributed by atoms with E-state index in [1.54, 1.807) is 18.5 Å². The van der Waals surface area contributed by atoms with E-state index in [0.29, 0.717) is 6.42 Å². The molecule has 1 aliphatic carbocycles. The summed E-state index contributed by atoms with van der Waals surface area (Å²) >= 11 is 0. The number of hydrogen-bond donors (Lipinski definition) is 0. The van der Waals surface area contributed by atoms with Crippen molar-refractivity contribution in [1.29, 1.82) is 0 Å². The number of fused-ring (bicyclic) bond motifs is 1. The van der Waals surface area contributed by atoms with Gasteiger partial charge in [-0.2, -0.15) is 0 Å². The summed E-state index contributed by atoms with van der Waals surface area (Å²) in [5.74, 6) is 1.03. The van der Waals surface area contributed by atoms with Gasteiger partial charge in [0.05, 0.1) is 0 Å². The van der Waals surface area contributed by atoms with Crippen molar-refractivity contribution in [3.8, 4) is 0 Å². The van der Waals surface area contributed by atoms with Crippen LogP contribution in [0.4, 0.5) is 0 Å². The van der Waals surface area contributed by atoms with Gasteiger partial charge in [0, 0.05) is 30.3 Å². The van der Waals surface area contributed by atoms with Crippen LogP contribution in [0.1, 0.15) is 28.2 Å². The average Bonchev–Trinajstić information content (AvgIpc) is 2.43. The molecule has 0 fully saturated rings. The molecule has 0 saturated heterocycles. The molecule has 0 radical (unpaired) electrons. The summed E-state index contributed by atoms with van der Waals surface area (Å²) in [4.78, 5) is 20.8. The fourth-order valence-corrected chi connectivity index (χ4v) is 2.51. The Morgan fingerprint density at radius 3 is 2.72 bits per heavy atom. The highest BCUT2D eigenvalue weighted by Gasteiger charge is 2.27. The summed E-state index contributed by atoms with van der Waals surface area (Å²) in [5, 5.41) is 0. The van der Waals surface area contributed by atoms with E-state index in [1.165, 1.54) is 5.56 Å². The van der Waals surface area contributed by atoms with Gasteiger partial charge in [-0.3, -0.25) is 4.79 Å². The van der Waals surface area contributed by atoms with Gasteiger partial charge in [-0.1, -0.05) is 24.3 Å². The first-order valence-corrected chi connectivity index (χ1v) is 6.22. The van der Waals surface area contributed by atoms with Crippen molar-refractivity contribution in [3.63, 3.8) is 0 Å². The Hall–Kier alpha value is -2.03. The maximum atomic E-state index is 12.4. The highest BCUT2D eigenvalue weighted by Crippen LogP contribution is 2.27. The molecule has 1 aliphatic rings. The van der Waals surface area contributed by atoms with Crippen LogP contribution in [0.2, 0.25) is 0 Å². The van der Waals surface area contributed by atoms with Crippen molar-refractivity contribution in [2.24, 2.45) is 5.92 Å². The quantitative estimate of drug-likeness (QED) is 0.807. The third kappa shape index (κ3) is 2.04. The zero-order valence-electron chi connectivity index (χ0n) is 10.0. The van der Waals surface area contributed by atoms with Gasteiger partial charge in [0.25, 0.3) is 0 Å². The predicted molar refractivity (Wildman–Crippen MR) is 68.3 cm³/mol. The molecule has 3 rings (SSSR count). The van der Waals surface area contributed by atoms with Crippen LogP contribution < -0.4 is 0 Å². The first kappa shape index (κ1) is 11.1. The number of benzene rings is 1. The monoisotopic (exact) mass is 238 g/mol. The molecule has 1 heterocycles. The van der Waals surface area contributed by atoms with Gasteiger partial charge in [-0.05, 0) is 24.5 Å². The van der Waals surface area contributed by atoms with Crippen molar-refractivity contribution in [2.75, 3.05) is 0 Å². The number of carbonyl (C=O) groups is 1. The number of ketones is 1. The minimum absolute atomic E-state index is 0.0299. The van der Waals surface area contributed by atoms with Crippen LogP contribution in [-0.2, 0) is 12.8 Å². The number of Topliss-reactive ketones (excluding diaryl/α,β-unsaturated/α-hetero) is 1. The molecule has 3 nitrogen and oxygen atoms in total. The summed E-state index contributed by atoms with van der Waals surface area (Å²) in [7, 11) is 0. The highest BCUT2D eigenvalue weighted by atomic mass is 16.1. The van der Waals surface area contributed by atoms with Crippen molar-refractivity contribution in [1.82, 2.24) is 9.97 Å². The van der Waals surface area contributed by atoms with Crippen LogP contribution in [0.15, 0.2) is 42.7 Å². The van der Waals surface area contributed by atoms with Crippen molar-refractivity contribution >= 4 is 5.78 Å². The molecule has 0 aliphatic heterocycles. The molecule has 0 bridgehead atoms. The number of aromatic nitrogens is 2. The van der Waals surface area contributed by atoms with Gasteiger partial charge in [0.2, 0.25) is 0 Å². The minimum atomic E-state index is 0.0299. The van der Waals surface area contributed by atoms with Crippen molar-refractivity contribution in [3.05, 3.63) is 59.7 Å². The van der Waals surface area contributed by atoms with E-state index in [4.69, 9.17) is 0 Å². The molecular weight excluding hydrogens is 224 g/mol. The Morgan fingerprint density at radius 2 is 1.89 bits per heavy atom. The van der Waals surface area contributed by atoms with Gasteiger partial charge in [-0.15, -0.1) is 0 Å². The summed E-state index contributed by atoms with van der Waals surface area (Å²) in [6.45, 7) is 0. The zero-order valence-corrected chi connectivity index (χ0v) is 10.0. The van der Waals surface area contributed by atoms with E-state index in [1.807, 2.05) is 24.3 Å². The number of aryl methyl sites for hydroxylation is 1. The van der Waals surface area contributed by atoms with Gasteiger partial charge >= 0.3 is 0 Å². The minimum Gasteiger partial charge on any atom is -0.294 e. The van der Waals surface area contributed by atoms with Gasteiger partial charge in [0.15, 0.2) is 5.78 Å². The normalized spacial score (nSPS) is 18.4. The summed E-state index contributed by atoms with van der Waals surface area (Å²) < 4.78 is 0. The smallest absolute Gasteiger partial charge is 0.166 e. The molecule has 1 atom stereocenters.